The molecule has 1 aromatic carbocycles. The third-order valence-corrected chi connectivity index (χ3v) is 5.13. The van der Waals surface area contributed by atoms with E-state index in [4.69, 9.17) is 4.84 Å². The highest BCUT2D eigenvalue weighted by atomic mass is 19.4. The summed E-state index contributed by atoms with van der Waals surface area (Å²) >= 11 is 0. The first-order valence-electron chi connectivity index (χ1n) is 9.64. The zero-order valence-corrected chi connectivity index (χ0v) is 16.5. The molecule has 0 unspecified atom stereocenters. The number of amides is 1. The van der Waals surface area contributed by atoms with Gasteiger partial charge in [-0.2, -0.15) is 0 Å². The minimum Gasteiger partial charge on any atom is -0.406 e. The van der Waals surface area contributed by atoms with Gasteiger partial charge in [0.15, 0.2) is 11.6 Å². The van der Waals surface area contributed by atoms with E-state index in [-0.39, 0.29) is 11.7 Å². The van der Waals surface area contributed by atoms with Crippen LogP contribution >= 0.6 is 0 Å². The molecule has 1 amide bonds. The summed E-state index contributed by atoms with van der Waals surface area (Å²) < 4.78 is 40.7. The maximum Gasteiger partial charge on any atom is 0.573 e. The minimum absolute atomic E-state index is 0.113. The fourth-order valence-corrected chi connectivity index (χ4v) is 3.47. The molecule has 0 saturated carbocycles. The van der Waals surface area contributed by atoms with E-state index in [1.807, 2.05) is 13.8 Å². The fourth-order valence-electron chi connectivity index (χ4n) is 3.47. The summed E-state index contributed by atoms with van der Waals surface area (Å²) in [5.74, 6) is 0.291. The molecule has 0 aliphatic carbocycles. The van der Waals surface area contributed by atoms with Crippen LogP contribution in [0.4, 0.5) is 13.2 Å². The molecule has 2 heterocycles. The molecule has 0 bridgehead atoms. The van der Waals surface area contributed by atoms with Gasteiger partial charge in [-0.3, -0.25) is 9.69 Å². The normalized spacial score (nSPS) is 19.0. The molecule has 1 aromatic rings. The number of rotatable bonds is 6. The van der Waals surface area contributed by atoms with Gasteiger partial charge in [0.05, 0.1) is 6.54 Å². The molecule has 1 N–H and O–H groups in total. The van der Waals surface area contributed by atoms with E-state index in [2.05, 4.69) is 20.1 Å². The molecule has 160 valence electrons. The number of alkyl halides is 3. The van der Waals surface area contributed by atoms with E-state index >= 15 is 0 Å². The van der Waals surface area contributed by atoms with E-state index in [0.717, 1.165) is 0 Å². The lowest BCUT2D eigenvalue weighted by Crippen LogP contribution is -2.48. The van der Waals surface area contributed by atoms with Crippen LogP contribution in [0.25, 0.3) is 0 Å². The molecule has 29 heavy (non-hydrogen) atoms. The maximum absolute atomic E-state index is 12.3. The molecule has 1 saturated heterocycles. The smallest absolute Gasteiger partial charge is 0.406 e. The summed E-state index contributed by atoms with van der Waals surface area (Å²) in [4.78, 5) is 26.5. The molecular weight excluding hydrogens is 389 g/mol. The topological polar surface area (TPSA) is 66.4 Å². The Morgan fingerprint density at radius 1 is 1.24 bits per heavy atom. The maximum atomic E-state index is 12.3. The molecule has 7 nitrogen and oxygen atoms in total. The average Bonchev–Trinajstić information content (AvgIpc) is 3.08. The van der Waals surface area contributed by atoms with Crippen LogP contribution in [0.2, 0.25) is 0 Å². The molecule has 0 radical (unpaired) electrons. The lowest BCUT2D eigenvalue weighted by Gasteiger charge is -2.35. The number of benzene rings is 1. The quantitative estimate of drug-likeness (QED) is 0.775. The number of hydrogen-bond acceptors (Lipinski definition) is 6. The number of nitrogens with one attached hydrogen (secondary N) is 1. The average molecular weight is 414 g/mol. The Labute approximate surface area is 167 Å². The first-order valence-corrected chi connectivity index (χ1v) is 9.64. The van der Waals surface area contributed by atoms with Crippen molar-refractivity contribution in [3.8, 4) is 5.75 Å². The zero-order valence-electron chi connectivity index (χ0n) is 16.5. The van der Waals surface area contributed by atoms with Gasteiger partial charge in [0, 0.05) is 44.6 Å². The van der Waals surface area contributed by atoms with Gasteiger partial charge in [-0.15, -0.1) is 13.2 Å². The van der Waals surface area contributed by atoms with Gasteiger partial charge < -0.3 is 9.64 Å². The number of piperidine rings is 1. The summed E-state index contributed by atoms with van der Waals surface area (Å²) in [6.45, 7) is 7.03. The summed E-state index contributed by atoms with van der Waals surface area (Å²) in [6, 6.07) is 5.46. The second kappa shape index (κ2) is 8.58. The Morgan fingerprint density at radius 3 is 2.41 bits per heavy atom. The summed E-state index contributed by atoms with van der Waals surface area (Å²) in [5.41, 5.74) is 2.68. The Bertz CT molecular complexity index is 740. The fraction of sp³-hybridized carbons (Fsp3) is 0.579. The SMILES string of the molecule is CCN(CC)C(=O)CN1CCC2(CC1)N=C(c1ccc(OC(F)(F)F)cc1)NO2. The Balaban J connectivity index is 1.58. The van der Waals surface area contributed by atoms with Crippen LogP contribution < -0.4 is 10.2 Å². The molecule has 0 atom stereocenters. The molecule has 1 spiro atoms. The molecular formula is C19H25F3N4O3. The van der Waals surface area contributed by atoms with Crippen LogP contribution in [0.1, 0.15) is 32.3 Å². The van der Waals surface area contributed by atoms with Crippen LogP contribution in [-0.2, 0) is 9.63 Å². The number of hydroxylamine groups is 1. The van der Waals surface area contributed by atoms with Crippen molar-refractivity contribution in [2.45, 2.75) is 38.8 Å². The second-order valence-corrected chi connectivity index (χ2v) is 7.03. The van der Waals surface area contributed by atoms with Crippen molar-refractivity contribution < 1.29 is 27.5 Å². The highest BCUT2D eigenvalue weighted by Gasteiger charge is 2.41. The third kappa shape index (κ3) is 5.39. The summed E-state index contributed by atoms with van der Waals surface area (Å²) in [5, 5.41) is 0. The standard InChI is InChI=1S/C19H25F3N4O3/c1-3-26(4-2)16(27)13-25-11-9-18(10-12-25)23-17(24-29-18)14-5-7-15(8-6-14)28-19(20,21)22/h5-8H,3-4,9-13H2,1-2H3,(H,23,24). The lowest BCUT2D eigenvalue weighted by atomic mass is 10.0. The molecule has 2 aliphatic rings. The number of carbonyl (C=O) groups is 1. The van der Waals surface area contributed by atoms with Gasteiger partial charge >= 0.3 is 6.36 Å². The van der Waals surface area contributed by atoms with Crippen molar-refractivity contribution in [2.75, 3.05) is 32.7 Å². The number of hydrogen-bond donors (Lipinski definition) is 1. The van der Waals surface area contributed by atoms with Crippen LogP contribution in [-0.4, -0.2) is 66.4 Å². The molecule has 10 heteroatoms. The molecule has 3 rings (SSSR count). The van der Waals surface area contributed by atoms with Crippen molar-refractivity contribution >= 4 is 11.7 Å². The van der Waals surface area contributed by atoms with Crippen LogP contribution in [0.15, 0.2) is 29.3 Å². The van der Waals surface area contributed by atoms with E-state index in [1.54, 1.807) is 4.90 Å². The molecule has 2 aliphatic heterocycles. The molecule has 1 fully saturated rings. The third-order valence-electron chi connectivity index (χ3n) is 5.13. The Kier molecular flexibility index (Phi) is 6.33. The van der Waals surface area contributed by atoms with Gasteiger partial charge in [0.2, 0.25) is 5.91 Å². The number of ether oxygens (including phenoxy) is 1. The number of carbonyl (C=O) groups excluding carboxylic acids is 1. The summed E-state index contributed by atoms with van der Waals surface area (Å²) in [6.07, 6.45) is -3.49. The van der Waals surface area contributed by atoms with E-state index in [9.17, 15) is 18.0 Å². The van der Waals surface area contributed by atoms with E-state index in [0.29, 0.717) is 57.0 Å². The first kappa shape index (κ1) is 21.4. The summed E-state index contributed by atoms with van der Waals surface area (Å²) in [7, 11) is 0. The minimum atomic E-state index is -4.72. The number of likely N-dealkylation sites (tertiary alicyclic amines) is 1. The van der Waals surface area contributed by atoms with Crippen LogP contribution in [0.5, 0.6) is 5.75 Å². The van der Waals surface area contributed by atoms with Gasteiger partial charge in [0.25, 0.3) is 0 Å². The van der Waals surface area contributed by atoms with Crippen LogP contribution in [0.3, 0.4) is 0 Å². The van der Waals surface area contributed by atoms with Crippen molar-refractivity contribution in [2.24, 2.45) is 4.99 Å². The van der Waals surface area contributed by atoms with Gasteiger partial charge in [-0.1, -0.05) is 0 Å². The van der Waals surface area contributed by atoms with Crippen LogP contribution in [0, 0.1) is 0 Å². The Hall–Kier alpha value is -2.33. The van der Waals surface area contributed by atoms with Gasteiger partial charge in [0.1, 0.15) is 5.75 Å². The highest BCUT2D eigenvalue weighted by Crippen LogP contribution is 2.31. The van der Waals surface area contributed by atoms with E-state index < -0.39 is 12.1 Å². The molecule has 0 aromatic heterocycles. The largest absolute Gasteiger partial charge is 0.573 e. The number of amidine groups is 1. The van der Waals surface area contributed by atoms with Gasteiger partial charge in [-0.05, 0) is 38.1 Å². The van der Waals surface area contributed by atoms with Crippen molar-refractivity contribution in [3.05, 3.63) is 29.8 Å². The number of nitrogens with zero attached hydrogens (tertiary/aromatic N) is 3. The zero-order chi connectivity index (χ0) is 21.1. The number of halogens is 3. The van der Waals surface area contributed by atoms with Crippen molar-refractivity contribution in [3.63, 3.8) is 0 Å². The lowest BCUT2D eigenvalue weighted by molar-refractivity contribution is -0.274. The predicted octanol–water partition coefficient (Wildman–Crippen LogP) is 2.53. The Morgan fingerprint density at radius 2 is 1.86 bits per heavy atom. The monoisotopic (exact) mass is 414 g/mol. The van der Waals surface area contributed by atoms with Gasteiger partial charge in [-0.25, -0.2) is 15.3 Å². The number of aliphatic imine (C=N–C) groups is 1. The predicted molar refractivity (Wildman–Crippen MR) is 100 cm³/mol. The van der Waals surface area contributed by atoms with E-state index in [1.165, 1.54) is 24.3 Å². The number of likely N-dealkylation sites (N-methyl/N-ethyl adjacent to an activating group) is 1. The van der Waals surface area contributed by atoms with Crippen molar-refractivity contribution in [1.29, 1.82) is 0 Å². The second-order valence-electron chi connectivity index (χ2n) is 7.03. The highest BCUT2D eigenvalue weighted by molar-refractivity contribution is 5.99. The first-order chi connectivity index (χ1) is 13.7. The van der Waals surface area contributed by atoms with Crippen molar-refractivity contribution in [1.82, 2.24) is 15.3 Å².